The summed E-state index contributed by atoms with van der Waals surface area (Å²) in [6.45, 7) is 17.3. The lowest BCUT2D eigenvalue weighted by Gasteiger charge is -2.21. The van der Waals surface area contributed by atoms with Crippen molar-refractivity contribution in [3.8, 4) is 50.6 Å². The van der Waals surface area contributed by atoms with Crippen LogP contribution in [0.5, 0.6) is 0 Å². The number of hydrogen-bond donors (Lipinski definition) is 0. The third kappa shape index (κ3) is 6.03. The number of nitrogens with zero attached hydrogens (tertiary/aromatic N) is 3. The molecule has 0 radical (unpaired) electrons. The van der Waals surface area contributed by atoms with Crippen molar-refractivity contribution in [2.24, 2.45) is 0 Å². The van der Waals surface area contributed by atoms with E-state index in [0.29, 0.717) is 0 Å². The van der Waals surface area contributed by atoms with Crippen LogP contribution in [0.2, 0.25) is 0 Å². The molecule has 2 heterocycles. The number of hydrogen-bond acceptors (Lipinski definition) is 2. The Balaban J connectivity index is 0.00000221. The van der Waals surface area contributed by atoms with Gasteiger partial charge in [0.15, 0.2) is 5.82 Å². The molecule has 0 saturated carbocycles. The smallest absolute Gasteiger partial charge is 0.164 e. The number of benzene rings is 8. The van der Waals surface area contributed by atoms with Gasteiger partial charge in [0.1, 0.15) is 5.69 Å². The molecule has 0 bridgehead atoms. The van der Waals surface area contributed by atoms with E-state index in [9.17, 15) is 0 Å². The van der Waals surface area contributed by atoms with Gasteiger partial charge in [0.25, 0.3) is 0 Å². The molecule has 0 aliphatic rings. The number of aromatic nitrogens is 3. The molecule has 0 amide bonds. The quantitative estimate of drug-likeness (QED) is 0.175. The van der Waals surface area contributed by atoms with Crippen molar-refractivity contribution in [2.45, 2.75) is 55.4 Å². The first-order chi connectivity index (χ1) is 28.8. The molecular formula is C56H49N3. The SMILES string of the molecule is CC.Cc1ccccc1-c1nc(-c2cccc(C)c2-c2ccccc2C)c(-n2c3ccccc3c3c4ccccc4c(-c4ccc5ccccc5c4C)c(C)c32)nc1C. The molecular weight excluding hydrogens is 715 g/mol. The highest BCUT2D eigenvalue weighted by atomic mass is 15.1. The summed E-state index contributed by atoms with van der Waals surface area (Å²) in [6, 6.07) is 54.9. The van der Waals surface area contributed by atoms with Gasteiger partial charge in [-0.05, 0) is 119 Å². The molecule has 0 fully saturated rings. The number of rotatable bonds is 5. The molecule has 2 aromatic heterocycles. The van der Waals surface area contributed by atoms with Crippen molar-refractivity contribution in [1.29, 1.82) is 0 Å². The van der Waals surface area contributed by atoms with Gasteiger partial charge in [-0.3, -0.25) is 4.57 Å². The van der Waals surface area contributed by atoms with Gasteiger partial charge >= 0.3 is 0 Å². The number of fused-ring (bicyclic) bond motifs is 6. The van der Waals surface area contributed by atoms with Gasteiger partial charge in [0.2, 0.25) is 0 Å². The van der Waals surface area contributed by atoms with Gasteiger partial charge < -0.3 is 0 Å². The maximum absolute atomic E-state index is 5.74. The topological polar surface area (TPSA) is 30.7 Å². The van der Waals surface area contributed by atoms with Gasteiger partial charge in [0, 0.05) is 21.9 Å². The summed E-state index contributed by atoms with van der Waals surface area (Å²) in [5.41, 5.74) is 18.1. The van der Waals surface area contributed by atoms with E-state index in [2.05, 4.69) is 198 Å². The fourth-order valence-corrected chi connectivity index (χ4v) is 9.39. The van der Waals surface area contributed by atoms with Gasteiger partial charge in [-0.1, -0.05) is 159 Å². The summed E-state index contributed by atoms with van der Waals surface area (Å²) in [4.78, 5) is 11.4. The van der Waals surface area contributed by atoms with E-state index in [1.165, 1.54) is 82.4 Å². The molecule has 288 valence electrons. The minimum atomic E-state index is 0.830. The Morgan fingerprint density at radius 3 is 1.69 bits per heavy atom. The van der Waals surface area contributed by atoms with Gasteiger partial charge in [0.05, 0.1) is 22.4 Å². The van der Waals surface area contributed by atoms with E-state index in [-0.39, 0.29) is 0 Å². The average Bonchev–Trinajstić information content (AvgIpc) is 3.61. The molecule has 0 unspecified atom stereocenters. The lowest BCUT2D eigenvalue weighted by atomic mass is 9.87. The van der Waals surface area contributed by atoms with Crippen LogP contribution in [0.3, 0.4) is 0 Å². The van der Waals surface area contributed by atoms with E-state index in [1.54, 1.807) is 0 Å². The Hall–Kier alpha value is -6.84. The predicted octanol–water partition coefficient (Wildman–Crippen LogP) is 15.4. The van der Waals surface area contributed by atoms with E-state index in [0.717, 1.165) is 45.1 Å². The maximum atomic E-state index is 5.74. The first kappa shape index (κ1) is 37.7. The monoisotopic (exact) mass is 763 g/mol. The normalized spacial score (nSPS) is 11.4. The van der Waals surface area contributed by atoms with Crippen LogP contribution in [0.25, 0.3) is 93.9 Å². The summed E-state index contributed by atoms with van der Waals surface area (Å²) in [7, 11) is 0. The summed E-state index contributed by atoms with van der Waals surface area (Å²) in [6.07, 6.45) is 0. The Morgan fingerprint density at radius 2 is 0.966 bits per heavy atom. The highest BCUT2D eigenvalue weighted by Gasteiger charge is 2.27. The van der Waals surface area contributed by atoms with E-state index >= 15 is 0 Å². The highest BCUT2D eigenvalue weighted by molar-refractivity contribution is 6.26. The van der Waals surface area contributed by atoms with Crippen LogP contribution < -0.4 is 0 Å². The molecule has 0 aliphatic heterocycles. The molecule has 3 heteroatoms. The zero-order valence-electron chi connectivity index (χ0n) is 35.3. The molecule has 0 N–H and O–H groups in total. The molecule has 59 heavy (non-hydrogen) atoms. The minimum Gasteiger partial charge on any atom is -0.292 e. The third-order valence-corrected chi connectivity index (χ3v) is 12.1. The predicted molar refractivity (Wildman–Crippen MR) is 253 cm³/mol. The van der Waals surface area contributed by atoms with Crippen LogP contribution in [0.1, 0.15) is 47.4 Å². The summed E-state index contributed by atoms with van der Waals surface area (Å²) in [5, 5.41) is 7.44. The van der Waals surface area contributed by atoms with Gasteiger partial charge in [-0.15, -0.1) is 0 Å². The minimum absolute atomic E-state index is 0.830. The second kappa shape index (κ2) is 15.2. The highest BCUT2D eigenvalue weighted by Crippen LogP contribution is 2.47. The molecule has 0 spiro atoms. The van der Waals surface area contributed by atoms with Gasteiger partial charge in [-0.25, -0.2) is 9.97 Å². The molecule has 10 aromatic rings. The van der Waals surface area contributed by atoms with Gasteiger partial charge in [-0.2, -0.15) is 0 Å². The van der Waals surface area contributed by atoms with Crippen LogP contribution in [0.4, 0.5) is 0 Å². The zero-order chi connectivity index (χ0) is 40.9. The number of para-hydroxylation sites is 1. The van der Waals surface area contributed by atoms with Crippen molar-refractivity contribution in [1.82, 2.24) is 14.5 Å². The average molecular weight is 764 g/mol. The second-order valence-corrected chi connectivity index (χ2v) is 15.5. The maximum Gasteiger partial charge on any atom is 0.164 e. The van der Waals surface area contributed by atoms with Crippen LogP contribution >= 0.6 is 0 Å². The molecule has 10 rings (SSSR count). The third-order valence-electron chi connectivity index (χ3n) is 12.1. The Labute approximate surface area is 347 Å². The van der Waals surface area contributed by atoms with Crippen LogP contribution in [0.15, 0.2) is 152 Å². The summed E-state index contributed by atoms with van der Waals surface area (Å²) < 4.78 is 2.42. The fourth-order valence-electron chi connectivity index (χ4n) is 9.39. The van der Waals surface area contributed by atoms with E-state index in [4.69, 9.17) is 9.97 Å². The Morgan fingerprint density at radius 1 is 0.390 bits per heavy atom. The Kier molecular flexibility index (Phi) is 9.69. The van der Waals surface area contributed by atoms with Crippen molar-refractivity contribution >= 4 is 43.4 Å². The zero-order valence-corrected chi connectivity index (χ0v) is 35.3. The molecule has 0 aliphatic carbocycles. The molecule has 3 nitrogen and oxygen atoms in total. The standard InChI is InChI=1S/C54H43N3.C2H6/c1-32-18-7-10-22-39(32)48-34(3)20-17-28-46(48)52-54(55-37(6)51(56-52)40-23-11-8-19-33(40)2)57-47-29-16-15-27-45(47)50-44-26-14-13-25-43(44)49(36(5)53(50)57)42-31-30-38-21-9-12-24-41(38)35(42)4;1-2/h7-31H,1-6H3;1-2H3. The van der Waals surface area contributed by atoms with Crippen LogP contribution in [0, 0.1) is 41.5 Å². The first-order valence-electron chi connectivity index (χ1n) is 20.9. The summed E-state index contributed by atoms with van der Waals surface area (Å²) in [5.74, 6) is 0.830. The van der Waals surface area contributed by atoms with Crippen LogP contribution in [-0.4, -0.2) is 14.5 Å². The fraction of sp³-hybridized carbons (Fsp3) is 0.143. The van der Waals surface area contributed by atoms with Crippen molar-refractivity contribution < 1.29 is 0 Å². The van der Waals surface area contributed by atoms with Crippen LogP contribution in [-0.2, 0) is 0 Å². The van der Waals surface area contributed by atoms with Crippen molar-refractivity contribution in [3.05, 3.63) is 185 Å². The first-order valence-corrected chi connectivity index (χ1v) is 20.9. The van der Waals surface area contributed by atoms with E-state index < -0.39 is 0 Å². The number of aryl methyl sites for hydroxylation is 6. The van der Waals surface area contributed by atoms with Crippen molar-refractivity contribution in [2.75, 3.05) is 0 Å². The largest absolute Gasteiger partial charge is 0.292 e. The van der Waals surface area contributed by atoms with Crippen molar-refractivity contribution in [3.63, 3.8) is 0 Å². The second-order valence-electron chi connectivity index (χ2n) is 15.5. The molecule has 8 aromatic carbocycles. The lowest BCUT2D eigenvalue weighted by Crippen LogP contribution is -2.08. The molecule has 0 atom stereocenters. The lowest BCUT2D eigenvalue weighted by molar-refractivity contribution is 1.01. The summed E-state index contributed by atoms with van der Waals surface area (Å²) >= 11 is 0. The van der Waals surface area contributed by atoms with E-state index in [1.807, 2.05) is 13.8 Å². The molecule has 0 saturated heterocycles. The Bertz CT molecular complexity index is 3250.